The van der Waals surface area contributed by atoms with Crippen molar-refractivity contribution in [3.63, 3.8) is 0 Å². The summed E-state index contributed by atoms with van der Waals surface area (Å²) in [5.41, 5.74) is 0. The number of nitrogens with one attached hydrogen (secondary N) is 1. The highest BCUT2D eigenvalue weighted by molar-refractivity contribution is 9.10. The third-order valence-corrected chi connectivity index (χ3v) is 5.38. The number of nitrogens with zero attached hydrogens (tertiary/aromatic N) is 2. The topological polar surface area (TPSA) is 62.3 Å². The summed E-state index contributed by atoms with van der Waals surface area (Å²) in [4.78, 5) is 4.09. The number of rotatable bonds is 4. The van der Waals surface area contributed by atoms with Crippen molar-refractivity contribution in [2.75, 3.05) is 11.8 Å². The van der Waals surface area contributed by atoms with Crippen LogP contribution in [0.3, 0.4) is 0 Å². The van der Waals surface area contributed by atoms with Crippen LogP contribution in [0, 0.1) is 0 Å². The fraction of sp³-hybridized carbons (Fsp3) is 0.583. The maximum absolute atomic E-state index is 12.3. The average molecular weight is 348 g/mol. The molecule has 0 atom stereocenters. The standard InChI is InChI=1S/C12H18BrN3O2S/c1-16(10-6-3-2-4-7-10)19(17,18)15-12-9-5-8-11(13)14-12/h5,8-10H,2-4,6-7H2,1H3,(H,14,15). The lowest BCUT2D eigenvalue weighted by atomic mass is 9.96. The second-order valence-corrected chi connectivity index (χ2v) is 7.30. The van der Waals surface area contributed by atoms with Gasteiger partial charge < -0.3 is 0 Å². The Kier molecular flexibility index (Phi) is 4.81. The predicted octanol–water partition coefficient (Wildman–Crippen LogP) is 2.77. The molecule has 1 fully saturated rings. The molecule has 0 aliphatic heterocycles. The molecular weight excluding hydrogens is 330 g/mol. The molecular formula is C12H18BrN3O2S. The minimum absolute atomic E-state index is 0.0957. The Hall–Kier alpha value is -0.660. The Balaban J connectivity index is 2.08. The van der Waals surface area contributed by atoms with E-state index >= 15 is 0 Å². The first kappa shape index (κ1) is 14.7. The Morgan fingerprint density at radius 3 is 2.63 bits per heavy atom. The van der Waals surface area contributed by atoms with Gasteiger partial charge in [0.15, 0.2) is 0 Å². The normalized spacial score (nSPS) is 17.6. The van der Waals surface area contributed by atoms with E-state index in [-0.39, 0.29) is 6.04 Å². The van der Waals surface area contributed by atoms with Crippen LogP contribution in [0.5, 0.6) is 0 Å². The molecule has 1 N–H and O–H groups in total. The van der Waals surface area contributed by atoms with Crippen molar-refractivity contribution in [1.29, 1.82) is 0 Å². The van der Waals surface area contributed by atoms with E-state index in [9.17, 15) is 8.42 Å². The molecule has 0 bridgehead atoms. The summed E-state index contributed by atoms with van der Waals surface area (Å²) in [5, 5.41) is 0. The molecule has 1 aliphatic carbocycles. The van der Waals surface area contributed by atoms with Gasteiger partial charge in [-0.3, -0.25) is 4.72 Å². The van der Waals surface area contributed by atoms with E-state index in [1.807, 2.05) is 0 Å². The zero-order chi connectivity index (χ0) is 13.9. The van der Waals surface area contributed by atoms with Crippen molar-refractivity contribution in [2.45, 2.75) is 38.1 Å². The van der Waals surface area contributed by atoms with Crippen LogP contribution >= 0.6 is 15.9 Å². The molecule has 0 saturated heterocycles. The van der Waals surface area contributed by atoms with Gasteiger partial charge in [-0.2, -0.15) is 12.7 Å². The van der Waals surface area contributed by atoms with Gasteiger partial charge in [0, 0.05) is 13.1 Å². The average Bonchev–Trinajstić information content (AvgIpc) is 2.38. The van der Waals surface area contributed by atoms with Crippen LogP contribution in [-0.2, 0) is 10.2 Å². The molecule has 1 aliphatic rings. The monoisotopic (exact) mass is 347 g/mol. The number of pyridine rings is 1. The van der Waals surface area contributed by atoms with Crippen molar-refractivity contribution in [3.8, 4) is 0 Å². The first-order valence-corrected chi connectivity index (χ1v) is 8.61. The number of aromatic nitrogens is 1. The highest BCUT2D eigenvalue weighted by Crippen LogP contribution is 2.24. The van der Waals surface area contributed by atoms with E-state index in [1.54, 1.807) is 25.2 Å². The molecule has 1 aromatic rings. The third kappa shape index (κ3) is 3.90. The van der Waals surface area contributed by atoms with Crippen LogP contribution in [0.15, 0.2) is 22.8 Å². The van der Waals surface area contributed by atoms with Crippen molar-refractivity contribution in [2.24, 2.45) is 0 Å². The van der Waals surface area contributed by atoms with Gasteiger partial charge in [-0.25, -0.2) is 4.98 Å². The second-order valence-electron chi connectivity index (χ2n) is 4.76. The van der Waals surface area contributed by atoms with Crippen LogP contribution in [-0.4, -0.2) is 30.8 Å². The summed E-state index contributed by atoms with van der Waals surface area (Å²) in [6.07, 6.45) is 5.26. The molecule has 0 aromatic carbocycles. The van der Waals surface area contributed by atoms with E-state index in [0.717, 1.165) is 25.7 Å². The zero-order valence-electron chi connectivity index (χ0n) is 10.8. The molecule has 2 rings (SSSR count). The first-order valence-electron chi connectivity index (χ1n) is 6.37. The minimum atomic E-state index is -3.53. The molecule has 106 valence electrons. The summed E-state index contributed by atoms with van der Waals surface area (Å²) in [5.74, 6) is 0.331. The number of hydrogen-bond donors (Lipinski definition) is 1. The van der Waals surface area contributed by atoms with Crippen LogP contribution in [0.4, 0.5) is 5.82 Å². The van der Waals surface area contributed by atoms with Gasteiger partial charge >= 0.3 is 10.2 Å². The van der Waals surface area contributed by atoms with Gasteiger partial charge in [-0.05, 0) is 40.9 Å². The van der Waals surface area contributed by atoms with E-state index < -0.39 is 10.2 Å². The maximum Gasteiger partial charge on any atom is 0.302 e. The van der Waals surface area contributed by atoms with Gasteiger partial charge in [0.25, 0.3) is 0 Å². The molecule has 0 radical (unpaired) electrons. The number of anilines is 1. The van der Waals surface area contributed by atoms with E-state index in [1.165, 1.54) is 10.7 Å². The molecule has 0 spiro atoms. The fourth-order valence-electron chi connectivity index (χ4n) is 2.31. The molecule has 0 unspecified atom stereocenters. The highest BCUT2D eigenvalue weighted by Gasteiger charge is 2.27. The van der Waals surface area contributed by atoms with Gasteiger partial charge in [0.05, 0.1) is 0 Å². The lowest BCUT2D eigenvalue weighted by Gasteiger charge is -2.30. The number of halogens is 1. The lowest BCUT2D eigenvalue weighted by molar-refractivity contribution is 0.287. The molecule has 7 heteroatoms. The lowest BCUT2D eigenvalue weighted by Crippen LogP contribution is -2.41. The Labute approximate surface area is 122 Å². The zero-order valence-corrected chi connectivity index (χ0v) is 13.2. The van der Waals surface area contributed by atoms with Crippen molar-refractivity contribution in [3.05, 3.63) is 22.8 Å². The van der Waals surface area contributed by atoms with Crippen LogP contribution in [0.25, 0.3) is 0 Å². The number of hydrogen-bond acceptors (Lipinski definition) is 3. The Bertz CT molecular complexity index is 530. The highest BCUT2D eigenvalue weighted by atomic mass is 79.9. The molecule has 1 saturated carbocycles. The molecule has 1 heterocycles. The van der Waals surface area contributed by atoms with E-state index in [2.05, 4.69) is 25.6 Å². The van der Waals surface area contributed by atoms with Crippen LogP contribution in [0.2, 0.25) is 0 Å². The summed E-state index contributed by atoms with van der Waals surface area (Å²) in [7, 11) is -1.89. The fourth-order valence-corrected chi connectivity index (χ4v) is 3.78. The molecule has 1 aromatic heterocycles. The maximum atomic E-state index is 12.3. The van der Waals surface area contributed by atoms with Gasteiger partial charge in [0.1, 0.15) is 10.4 Å². The van der Waals surface area contributed by atoms with Crippen LogP contribution in [0.1, 0.15) is 32.1 Å². The quantitative estimate of drug-likeness (QED) is 0.851. The Morgan fingerprint density at radius 1 is 1.32 bits per heavy atom. The molecule has 0 amide bonds. The van der Waals surface area contributed by atoms with Crippen molar-refractivity contribution in [1.82, 2.24) is 9.29 Å². The largest absolute Gasteiger partial charge is 0.302 e. The molecule has 5 nitrogen and oxygen atoms in total. The van der Waals surface area contributed by atoms with Gasteiger partial charge in [-0.15, -0.1) is 0 Å². The van der Waals surface area contributed by atoms with E-state index in [0.29, 0.717) is 10.4 Å². The SMILES string of the molecule is CN(C1CCCCC1)S(=O)(=O)Nc1cccc(Br)n1. The third-order valence-electron chi connectivity index (χ3n) is 3.42. The Morgan fingerprint density at radius 2 is 2.00 bits per heavy atom. The smallest absolute Gasteiger partial charge is 0.254 e. The van der Waals surface area contributed by atoms with E-state index in [4.69, 9.17) is 0 Å². The molecule has 19 heavy (non-hydrogen) atoms. The summed E-state index contributed by atoms with van der Waals surface area (Å²) in [6, 6.07) is 5.23. The van der Waals surface area contributed by atoms with Gasteiger partial charge in [-0.1, -0.05) is 25.3 Å². The minimum Gasteiger partial charge on any atom is -0.254 e. The van der Waals surface area contributed by atoms with Crippen molar-refractivity contribution >= 4 is 32.0 Å². The van der Waals surface area contributed by atoms with Crippen molar-refractivity contribution < 1.29 is 8.42 Å². The predicted molar refractivity (Wildman–Crippen MR) is 79.1 cm³/mol. The summed E-state index contributed by atoms with van der Waals surface area (Å²) >= 11 is 3.22. The van der Waals surface area contributed by atoms with Crippen LogP contribution < -0.4 is 4.72 Å². The second kappa shape index (κ2) is 6.19. The van der Waals surface area contributed by atoms with Gasteiger partial charge in [0.2, 0.25) is 0 Å². The first-order chi connectivity index (χ1) is 8.99. The summed E-state index contributed by atoms with van der Waals surface area (Å²) in [6.45, 7) is 0. The summed E-state index contributed by atoms with van der Waals surface area (Å²) < 4.78 is 29.1.